The number of carbonyl (C=O) groups excluding carboxylic acids is 1. The molecular formula is C22H19N3O4. The fourth-order valence-corrected chi connectivity index (χ4v) is 3.62. The summed E-state index contributed by atoms with van der Waals surface area (Å²) in [6.07, 6.45) is 2.73. The Morgan fingerprint density at radius 2 is 1.97 bits per heavy atom. The van der Waals surface area contributed by atoms with Crippen LogP contribution in [0.4, 0.5) is 5.69 Å². The first kappa shape index (κ1) is 18.6. The number of allylic oxidation sites excluding steroid dienone is 1. The van der Waals surface area contributed by atoms with Gasteiger partial charge in [-0.1, -0.05) is 30.3 Å². The van der Waals surface area contributed by atoms with Crippen LogP contribution in [0.2, 0.25) is 0 Å². The average molecular weight is 389 g/mol. The highest BCUT2D eigenvalue weighted by Gasteiger charge is 2.24. The lowest BCUT2D eigenvalue weighted by molar-refractivity contribution is -0.148. The molecule has 1 aliphatic rings. The lowest BCUT2D eigenvalue weighted by Crippen LogP contribution is -2.36. The highest BCUT2D eigenvalue weighted by Crippen LogP contribution is 2.28. The van der Waals surface area contributed by atoms with E-state index in [-0.39, 0.29) is 12.1 Å². The van der Waals surface area contributed by atoms with Crippen LogP contribution in [0.1, 0.15) is 24.7 Å². The molecule has 1 N–H and O–H groups in total. The maximum absolute atomic E-state index is 12.9. The monoisotopic (exact) mass is 389 g/mol. The molecular weight excluding hydrogens is 370 g/mol. The molecule has 0 saturated carbocycles. The predicted molar refractivity (Wildman–Crippen MR) is 111 cm³/mol. The van der Waals surface area contributed by atoms with E-state index in [4.69, 9.17) is 5.11 Å². The largest absolute Gasteiger partial charge is 0.474 e. The molecule has 2 aromatic carbocycles. The van der Waals surface area contributed by atoms with Gasteiger partial charge >= 0.3 is 11.9 Å². The van der Waals surface area contributed by atoms with Gasteiger partial charge in [-0.3, -0.25) is 14.2 Å². The highest BCUT2D eigenvalue weighted by molar-refractivity contribution is 6.37. The lowest BCUT2D eigenvalue weighted by atomic mass is 10.1. The van der Waals surface area contributed by atoms with Gasteiger partial charge < -0.3 is 10.0 Å². The van der Waals surface area contributed by atoms with Crippen LogP contribution in [0.15, 0.2) is 53.3 Å². The minimum Gasteiger partial charge on any atom is -0.474 e. The molecule has 29 heavy (non-hydrogen) atoms. The number of hydrogen-bond donors (Lipinski definition) is 1. The molecule has 0 saturated heterocycles. The summed E-state index contributed by atoms with van der Waals surface area (Å²) < 4.78 is 1.66. The number of amides is 1. The Labute approximate surface area is 166 Å². The Morgan fingerprint density at radius 3 is 2.66 bits per heavy atom. The molecule has 0 radical (unpaired) electrons. The number of anilines is 1. The van der Waals surface area contributed by atoms with Crippen LogP contribution >= 0.6 is 0 Å². The second-order valence-corrected chi connectivity index (χ2v) is 6.78. The smallest absolute Gasteiger partial charge is 0.394 e. The number of carbonyl (C=O) groups is 2. The van der Waals surface area contributed by atoms with Gasteiger partial charge in [-0.25, -0.2) is 9.78 Å². The zero-order chi connectivity index (χ0) is 20.5. The number of benzene rings is 2. The Bertz CT molecular complexity index is 1210. The number of hydrogen-bond acceptors (Lipinski definition) is 4. The predicted octanol–water partition coefficient (Wildman–Crippen LogP) is 2.78. The third-order valence-corrected chi connectivity index (χ3v) is 5.03. The summed E-state index contributed by atoms with van der Waals surface area (Å²) in [5.74, 6) is -1.94. The summed E-state index contributed by atoms with van der Waals surface area (Å²) in [5, 5.41) is 9.48. The van der Waals surface area contributed by atoms with Crippen LogP contribution in [0, 0.1) is 0 Å². The van der Waals surface area contributed by atoms with Crippen molar-refractivity contribution in [3.8, 4) is 0 Å². The average Bonchev–Trinajstić information content (AvgIpc) is 3.12. The van der Waals surface area contributed by atoms with Crippen LogP contribution in [0.25, 0.3) is 22.6 Å². The second-order valence-electron chi connectivity index (χ2n) is 6.78. The summed E-state index contributed by atoms with van der Waals surface area (Å²) in [5.41, 5.74) is 2.70. The van der Waals surface area contributed by atoms with E-state index in [1.54, 1.807) is 29.7 Å². The van der Waals surface area contributed by atoms with Gasteiger partial charge in [0.1, 0.15) is 5.82 Å². The van der Waals surface area contributed by atoms with Crippen LogP contribution in [0.5, 0.6) is 0 Å². The van der Waals surface area contributed by atoms with E-state index in [1.165, 1.54) is 0 Å². The van der Waals surface area contributed by atoms with Crippen molar-refractivity contribution in [3.05, 3.63) is 70.3 Å². The molecule has 7 nitrogen and oxygen atoms in total. The Balaban J connectivity index is 1.84. The molecule has 0 unspecified atom stereocenters. The lowest BCUT2D eigenvalue weighted by Gasteiger charge is -2.19. The standard InChI is InChI=1S/C22H19N3O4/c1-2-24(21(27)22(28)29)16-8-9-17-18(13-16)23-19-15(10-11-25(19)20(17)26)12-14-6-4-3-5-7-14/h3-9,12-13H,2,10-11H2,1H3,(H,28,29). The van der Waals surface area contributed by atoms with Crippen molar-refractivity contribution >= 4 is 40.1 Å². The van der Waals surface area contributed by atoms with Gasteiger partial charge in [-0.2, -0.15) is 0 Å². The molecule has 2 heterocycles. The van der Waals surface area contributed by atoms with Crippen LogP contribution in [0.3, 0.4) is 0 Å². The molecule has 0 atom stereocenters. The van der Waals surface area contributed by atoms with Crippen molar-refractivity contribution in [3.63, 3.8) is 0 Å². The summed E-state index contributed by atoms with van der Waals surface area (Å²) >= 11 is 0. The Morgan fingerprint density at radius 1 is 1.21 bits per heavy atom. The van der Waals surface area contributed by atoms with Gasteiger partial charge in [0.25, 0.3) is 5.56 Å². The quantitative estimate of drug-likeness (QED) is 0.696. The third-order valence-electron chi connectivity index (χ3n) is 5.03. The maximum atomic E-state index is 12.9. The molecule has 1 aromatic heterocycles. The van der Waals surface area contributed by atoms with Crippen LogP contribution < -0.4 is 10.5 Å². The number of fused-ring (bicyclic) bond motifs is 2. The van der Waals surface area contributed by atoms with Crippen LogP contribution in [-0.4, -0.2) is 33.1 Å². The van der Waals surface area contributed by atoms with E-state index in [2.05, 4.69) is 4.98 Å². The molecule has 0 bridgehead atoms. The van der Waals surface area contributed by atoms with E-state index < -0.39 is 11.9 Å². The number of carboxylic acids is 1. The topological polar surface area (TPSA) is 92.5 Å². The fourth-order valence-electron chi connectivity index (χ4n) is 3.62. The number of aliphatic carboxylic acids is 1. The third kappa shape index (κ3) is 3.31. The first-order chi connectivity index (χ1) is 14.0. The zero-order valence-electron chi connectivity index (χ0n) is 15.8. The van der Waals surface area contributed by atoms with Crippen molar-refractivity contribution in [2.75, 3.05) is 11.4 Å². The highest BCUT2D eigenvalue weighted by atomic mass is 16.4. The number of nitrogens with zero attached hydrogens (tertiary/aromatic N) is 3. The summed E-state index contributed by atoms with van der Waals surface area (Å²) in [7, 11) is 0. The first-order valence-corrected chi connectivity index (χ1v) is 9.35. The van der Waals surface area contributed by atoms with Gasteiger partial charge in [-0.15, -0.1) is 0 Å². The van der Waals surface area contributed by atoms with Gasteiger partial charge in [0.2, 0.25) is 0 Å². The first-order valence-electron chi connectivity index (χ1n) is 9.35. The molecule has 0 aliphatic carbocycles. The molecule has 4 rings (SSSR count). The van der Waals surface area contributed by atoms with Crippen molar-refractivity contribution in [1.82, 2.24) is 9.55 Å². The molecule has 146 valence electrons. The summed E-state index contributed by atoms with van der Waals surface area (Å²) in [6, 6.07) is 14.6. The van der Waals surface area contributed by atoms with E-state index in [0.717, 1.165) is 16.0 Å². The van der Waals surface area contributed by atoms with E-state index in [9.17, 15) is 14.4 Å². The van der Waals surface area contributed by atoms with Gasteiger partial charge in [0.05, 0.1) is 10.9 Å². The second kappa shape index (κ2) is 7.35. The van der Waals surface area contributed by atoms with Crippen molar-refractivity contribution in [2.45, 2.75) is 19.9 Å². The van der Waals surface area contributed by atoms with Gasteiger partial charge in [0.15, 0.2) is 0 Å². The van der Waals surface area contributed by atoms with Crippen molar-refractivity contribution < 1.29 is 14.7 Å². The summed E-state index contributed by atoms with van der Waals surface area (Å²) in [4.78, 5) is 41.8. The van der Waals surface area contributed by atoms with E-state index in [0.29, 0.717) is 35.4 Å². The number of rotatable bonds is 3. The maximum Gasteiger partial charge on any atom is 0.394 e. The van der Waals surface area contributed by atoms with E-state index in [1.807, 2.05) is 36.4 Å². The SMILES string of the molecule is CCN(C(=O)C(=O)O)c1ccc2c(=O)n3c(nc2c1)C(=Cc1ccccc1)CC3. The molecule has 7 heteroatoms. The minimum absolute atomic E-state index is 0.138. The molecule has 0 spiro atoms. The van der Waals surface area contributed by atoms with Gasteiger partial charge in [0, 0.05) is 18.8 Å². The van der Waals surface area contributed by atoms with Crippen molar-refractivity contribution in [2.24, 2.45) is 0 Å². The Kier molecular flexibility index (Phi) is 4.72. The summed E-state index contributed by atoms with van der Waals surface area (Å²) in [6.45, 7) is 2.45. The van der Waals surface area contributed by atoms with Gasteiger partial charge in [-0.05, 0) is 48.8 Å². The molecule has 1 aliphatic heterocycles. The number of likely N-dealkylation sites (N-methyl/N-ethyl adjacent to an activating group) is 1. The minimum atomic E-state index is -1.53. The Hall–Kier alpha value is -3.74. The normalized spacial score (nSPS) is 14.2. The number of carboxylic acid groups (broad SMARTS) is 1. The molecule has 0 fully saturated rings. The molecule has 3 aromatic rings. The van der Waals surface area contributed by atoms with Crippen molar-refractivity contribution in [1.29, 1.82) is 0 Å². The van der Waals surface area contributed by atoms with E-state index >= 15 is 0 Å². The zero-order valence-corrected chi connectivity index (χ0v) is 15.8. The fraction of sp³-hybridized carbons (Fsp3) is 0.182. The number of aromatic nitrogens is 2. The molecule has 1 amide bonds. The van der Waals surface area contributed by atoms with Crippen LogP contribution in [-0.2, 0) is 16.1 Å².